The highest BCUT2D eigenvalue weighted by molar-refractivity contribution is 6.29. The van der Waals surface area contributed by atoms with Crippen LogP contribution in [0.4, 0.5) is 35.3 Å². The van der Waals surface area contributed by atoms with Gasteiger partial charge in [-0.25, -0.2) is 29.0 Å². The fourth-order valence-electron chi connectivity index (χ4n) is 16.2. The molecule has 26 heteroatoms. The van der Waals surface area contributed by atoms with Gasteiger partial charge in [0.25, 0.3) is 23.6 Å². The molecule has 140 heavy (non-hydrogen) atoms. The van der Waals surface area contributed by atoms with Gasteiger partial charge >= 0.3 is 30.2 Å². The number of imide groups is 4. The summed E-state index contributed by atoms with van der Waals surface area (Å²) < 4.78 is 10.7. The number of pyridine rings is 2. The minimum absolute atomic E-state index is 0.100. The number of urea groups is 5. The van der Waals surface area contributed by atoms with Gasteiger partial charge in [0.2, 0.25) is 0 Å². The van der Waals surface area contributed by atoms with Crippen LogP contribution in [0.1, 0.15) is 221 Å². The molecule has 6 aliphatic heterocycles. The summed E-state index contributed by atoms with van der Waals surface area (Å²) in [6.45, 7) is 48.3. The minimum Gasteiger partial charge on any atom is -0.379 e. The van der Waals surface area contributed by atoms with Crippen molar-refractivity contribution in [3.05, 3.63) is 296 Å². The van der Waals surface area contributed by atoms with E-state index < -0.39 is 42.3 Å². The molecule has 0 bridgehead atoms. The molecular formula is C114H157ClN14O11. The van der Waals surface area contributed by atoms with Gasteiger partial charge in [-0.1, -0.05) is 282 Å². The minimum atomic E-state index is -0.547. The molecule has 2 aromatic heterocycles. The van der Waals surface area contributed by atoms with E-state index in [2.05, 4.69) is 272 Å². The maximum atomic E-state index is 11.8. The van der Waals surface area contributed by atoms with Gasteiger partial charge in [0.1, 0.15) is 29.3 Å². The SMILES string of the molecule is CC(C)Cc1ccc(C2NC(=O)N(C)C2=O)cc1.CC(C)Cc1ccc(C2NC(=O)NC2=O)cc1.CC(C)Cc1ccc(CN2CCOCC2)cc1.CC(C)Cc1ccc(N2CCOCC2)cc1.CC(C)Cc1ccc(NC(=O)N(C)C)cc1.CC(C)Cc1cccc(C2NC(=O)NC2=O)c1.CC(C)Cc1cccc(CC2NC(=O)NC2=O)c1.CC(C)Cc1ccnc(Cl)c1.CC(C)Cc1ccncc1. The van der Waals surface area contributed by atoms with E-state index in [0.717, 1.165) is 155 Å². The summed E-state index contributed by atoms with van der Waals surface area (Å²) in [6, 6.07) is 62.1. The fourth-order valence-corrected chi connectivity index (χ4v) is 16.4. The smallest absolute Gasteiger partial charge is 0.324 e. The highest BCUT2D eigenvalue weighted by Gasteiger charge is 2.37. The Morgan fingerprint density at radius 3 is 1.15 bits per heavy atom. The molecule has 0 radical (unpaired) electrons. The van der Waals surface area contributed by atoms with Crippen molar-refractivity contribution in [2.24, 2.45) is 53.3 Å². The average Bonchev–Trinajstić information content (AvgIpc) is 1.68. The van der Waals surface area contributed by atoms with Crippen molar-refractivity contribution in [1.29, 1.82) is 0 Å². The third-order valence-corrected chi connectivity index (χ3v) is 22.9. The third-order valence-electron chi connectivity index (χ3n) is 22.7. The Balaban J connectivity index is 0.000000215. The summed E-state index contributed by atoms with van der Waals surface area (Å²) in [6.07, 6.45) is 15.7. The zero-order valence-electron chi connectivity index (χ0n) is 86.7. The van der Waals surface area contributed by atoms with Crippen molar-refractivity contribution < 1.29 is 52.6 Å². The summed E-state index contributed by atoms with van der Waals surface area (Å²) in [5, 5.41) is 20.6. The van der Waals surface area contributed by atoms with E-state index in [1.807, 2.05) is 122 Å². The quantitative estimate of drug-likeness (QED) is 0.0175. The van der Waals surface area contributed by atoms with E-state index in [-0.39, 0.29) is 35.7 Å². The monoisotopic (exact) mass is 1930 g/mol. The molecular weight excluding hydrogens is 1780 g/mol. The second-order valence-electron chi connectivity index (χ2n) is 40.6. The van der Waals surface area contributed by atoms with Crippen LogP contribution < -0.4 is 47.4 Å². The molecule has 6 saturated heterocycles. The van der Waals surface area contributed by atoms with Gasteiger partial charge in [-0.2, -0.15) is 0 Å². The largest absolute Gasteiger partial charge is 0.379 e. The Hall–Kier alpha value is -12.2. The Morgan fingerprint density at radius 2 is 0.743 bits per heavy atom. The summed E-state index contributed by atoms with van der Waals surface area (Å²) in [5.41, 5.74) is 18.9. The molecule has 0 saturated carbocycles. The standard InChI is InChI=1S/C15H23NO.2C14H18N2O2.C14H21NO.2C13H16N2O2.C13H20N2O.C9H12ClN.C9H13N/c1-13(2)11-14-3-5-15(6-4-14)12-16-7-9-17-10-8-16;1-9(2)8-10-4-6-11(7-5-10)12-13(17)16(3)14(18)15-12;1-9(2)6-10-4-3-5-11(7-10)8-12-13(17)16-14(18)15-12;1-12(2)11-13-3-5-14(6-4-13)15-7-9-16-10-8-15;1-8(2)7-9-3-5-10(6-4-9)11-12(16)15-13(17)14-11;1-8(2)6-9-4-3-5-10(7-9)11-12(16)15-13(17)14-11;1-10(2)9-11-5-7-12(8-6-11)14-13(16)15(3)4;1-7(2)5-8-3-4-11-9(10)6-8;1-8(2)7-9-3-5-10-6-4-9/h3-6,13H,7-12H2,1-2H3;4-7,9,12H,8H2,1-3H3,(H,15,18);3-5,7,9,12H,6,8H2,1-2H3,(H2,15,16,17,18);3-6,12H,7-11H2,1-2H3;3-6,8,11H,7H2,1-2H3,(H2,14,15,16,17);3-5,7-8,11H,6H2,1-2H3,(H2,14,15,16,17);5-8,10H,9H2,1-4H3,(H,14,16);3-4,6-7H,5H2,1-2H3;3-6,8H,7H2,1-2H3. The molecule has 9 aromatic rings. The lowest BCUT2D eigenvalue weighted by atomic mass is 9.98. The number of nitrogens with zero attached hydrogens (tertiary/aromatic N) is 6. The first-order valence-corrected chi connectivity index (χ1v) is 50.1. The van der Waals surface area contributed by atoms with Gasteiger partial charge < -0.3 is 45.9 Å². The first kappa shape index (κ1) is 115. The number of aromatic nitrogens is 2. The van der Waals surface area contributed by atoms with Gasteiger partial charge in [-0.05, 0) is 237 Å². The van der Waals surface area contributed by atoms with Crippen molar-refractivity contribution in [2.75, 3.05) is 84.0 Å². The van der Waals surface area contributed by atoms with Crippen LogP contribution in [0.15, 0.2) is 213 Å². The van der Waals surface area contributed by atoms with E-state index in [4.69, 9.17) is 21.1 Å². The second kappa shape index (κ2) is 60.1. The number of halogens is 1. The summed E-state index contributed by atoms with van der Waals surface area (Å²) in [5.74, 6) is 4.92. The van der Waals surface area contributed by atoms with Gasteiger partial charge in [-0.3, -0.25) is 49.9 Å². The van der Waals surface area contributed by atoms with Crippen LogP contribution in [0.2, 0.25) is 5.15 Å². The molecule has 25 nitrogen and oxygen atoms in total. The second-order valence-corrected chi connectivity index (χ2v) is 40.9. The molecule has 14 amide bonds. The highest BCUT2D eigenvalue weighted by Crippen LogP contribution is 2.27. The van der Waals surface area contributed by atoms with Crippen LogP contribution in [0.25, 0.3) is 0 Å². The van der Waals surface area contributed by atoms with Crippen molar-refractivity contribution in [2.45, 2.75) is 220 Å². The Morgan fingerprint density at radius 1 is 0.386 bits per heavy atom. The number of ether oxygens (including phenoxy) is 2. The highest BCUT2D eigenvalue weighted by atomic mass is 35.5. The number of carbonyl (C=O) groups is 9. The summed E-state index contributed by atoms with van der Waals surface area (Å²) >= 11 is 5.72. The van der Waals surface area contributed by atoms with E-state index in [1.165, 1.54) is 86.1 Å². The lowest BCUT2D eigenvalue weighted by Gasteiger charge is -2.29. The van der Waals surface area contributed by atoms with Crippen molar-refractivity contribution in [3.63, 3.8) is 0 Å². The maximum absolute atomic E-state index is 11.8. The average molecular weight is 1940 g/mol. The predicted octanol–water partition coefficient (Wildman–Crippen LogP) is 20.9. The lowest BCUT2D eigenvalue weighted by molar-refractivity contribution is -0.126. The number of morpholine rings is 2. The lowest BCUT2D eigenvalue weighted by Crippen LogP contribution is -2.36. The van der Waals surface area contributed by atoms with Crippen LogP contribution in [0.3, 0.4) is 0 Å². The summed E-state index contributed by atoms with van der Waals surface area (Å²) in [4.78, 5) is 117. The Labute approximate surface area is 838 Å². The molecule has 0 spiro atoms. The third kappa shape index (κ3) is 43.7. The Bertz CT molecular complexity index is 5270. The maximum Gasteiger partial charge on any atom is 0.324 e. The van der Waals surface area contributed by atoms with E-state index in [0.29, 0.717) is 47.1 Å². The van der Waals surface area contributed by atoms with E-state index >= 15 is 0 Å². The summed E-state index contributed by atoms with van der Waals surface area (Å²) in [7, 11) is 4.94. The number of rotatable bonds is 27. The van der Waals surface area contributed by atoms with E-state index in [9.17, 15) is 43.2 Å². The number of hydrogen-bond donors (Lipinski definition) is 8. The van der Waals surface area contributed by atoms with Crippen LogP contribution in [0, 0.1) is 53.3 Å². The first-order chi connectivity index (χ1) is 66.6. The molecule has 8 N–H and O–H groups in total. The Kier molecular flexibility index (Phi) is 49.3. The van der Waals surface area contributed by atoms with Crippen LogP contribution in [-0.2, 0) is 99.4 Å². The number of amides is 14. The molecule has 8 heterocycles. The predicted molar refractivity (Wildman–Crippen MR) is 564 cm³/mol. The first-order valence-electron chi connectivity index (χ1n) is 49.7. The molecule has 4 unspecified atom stereocenters. The van der Waals surface area contributed by atoms with E-state index in [1.54, 1.807) is 20.3 Å². The molecule has 756 valence electrons. The zero-order chi connectivity index (χ0) is 102. The van der Waals surface area contributed by atoms with Crippen LogP contribution in [-0.4, -0.2) is 158 Å². The van der Waals surface area contributed by atoms with Crippen LogP contribution >= 0.6 is 11.6 Å². The van der Waals surface area contributed by atoms with Crippen molar-refractivity contribution in [3.8, 4) is 0 Å². The van der Waals surface area contributed by atoms with Crippen molar-refractivity contribution in [1.82, 2.24) is 61.9 Å². The van der Waals surface area contributed by atoms with Gasteiger partial charge in [-0.15, -0.1) is 0 Å². The van der Waals surface area contributed by atoms with Crippen molar-refractivity contribution >= 4 is 76.8 Å². The van der Waals surface area contributed by atoms with Gasteiger partial charge in [0.15, 0.2) is 0 Å². The normalized spacial score (nSPS) is 16.4. The number of benzene rings is 7. The molecule has 6 fully saturated rings. The van der Waals surface area contributed by atoms with Gasteiger partial charge in [0.05, 0.1) is 26.4 Å². The zero-order valence-corrected chi connectivity index (χ0v) is 87.5. The number of nitrogens with one attached hydrogen (secondary N) is 8. The van der Waals surface area contributed by atoms with Gasteiger partial charge in [0, 0.05) is 90.3 Å². The number of likely N-dealkylation sites (N-methyl/N-ethyl adjacent to an activating group) is 1. The van der Waals surface area contributed by atoms with Crippen LogP contribution in [0.5, 0.6) is 0 Å². The molecule has 0 aliphatic carbocycles. The number of hydrogen-bond acceptors (Lipinski definition) is 15. The molecule has 4 atom stereocenters. The number of anilines is 2. The number of carbonyl (C=O) groups excluding carboxylic acids is 9. The topological polar surface area (TPSA) is 307 Å². The molecule has 7 aromatic carbocycles. The molecule has 15 rings (SSSR count). The molecule has 6 aliphatic rings. The fraction of sp³-hybridized carbons (Fsp3) is 0.465.